The molecule has 0 spiro atoms. The van der Waals surface area contributed by atoms with Crippen molar-refractivity contribution in [2.24, 2.45) is 0 Å². The van der Waals surface area contributed by atoms with E-state index >= 15 is 0 Å². The lowest BCUT2D eigenvalue weighted by Crippen LogP contribution is -2.01. The number of alkyl halides is 3. The molecular formula is C7H4BrF3IN. The van der Waals surface area contributed by atoms with E-state index in [-0.39, 0.29) is 10.9 Å². The fraction of sp³-hybridized carbons (Fsp3) is 0.286. The van der Waals surface area contributed by atoms with E-state index in [0.29, 0.717) is 3.57 Å². The Bertz CT molecular complexity index is 319. The molecular weight excluding hydrogens is 362 g/mol. The van der Waals surface area contributed by atoms with Gasteiger partial charge in [-0.05, 0) is 22.6 Å². The Morgan fingerprint density at radius 1 is 1.54 bits per heavy atom. The summed E-state index contributed by atoms with van der Waals surface area (Å²) in [4.78, 5) is 3.33. The summed E-state index contributed by atoms with van der Waals surface area (Å²) in [5.41, 5.74) is -0.555. The molecule has 6 heteroatoms. The predicted octanol–water partition coefficient (Wildman–Crippen LogP) is 3.66. The minimum Gasteiger partial charge on any atom is -0.251 e. The summed E-state index contributed by atoms with van der Waals surface area (Å²) in [6, 6.07) is 0. The van der Waals surface area contributed by atoms with Gasteiger partial charge in [-0.1, -0.05) is 15.9 Å². The molecule has 0 saturated carbocycles. The van der Waals surface area contributed by atoms with E-state index in [2.05, 4.69) is 20.9 Å². The Labute approximate surface area is 95.0 Å². The van der Waals surface area contributed by atoms with Crippen LogP contribution in [0.15, 0.2) is 6.20 Å². The number of hydrogen-bond acceptors (Lipinski definition) is 1. The van der Waals surface area contributed by atoms with Gasteiger partial charge in [0.25, 0.3) is 6.43 Å². The maximum Gasteiger partial charge on any atom is 0.283 e. The Hall–Kier alpha value is 0.150. The zero-order valence-electron chi connectivity index (χ0n) is 6.20. The van der Waals surface area contributed by atoms with E-state index in [9.17, 15) is 13.2 Å². The average Bonchev–Trinajstić information content (AvgIpc) is 2.04. The molecule has 0 unspecified atom stereocenters. The Morgan fingerprint density at radius 2 is 2.15 bits per heavy atom. The summed E-state index contributed by atoms with van der Waals surface area (Å²) >= 11 is 4.87. The molecule has 0 aromatic carbocycles. The molecule has 0 fully saturated rings. The van der Waals surface area contributed by atoms with E-state index in [1.165, 1.54) is 6.20 Å². The third-order valence-corrected chi connectivity index (χ3v) is 2.93. The smallest absolute Gasteiger partial charge is 0.251 e. The van der Waals surface area contributed by atoms with Crippen LogP contribution in [0.1, 0.15) is 17.7 Å². The second kappa shape index (κ2) is 4.59. The molecule has 1 rings (SSSR count). The van der Waals surface area contributed by atoms with Crippen LogP contribution in [0.2, 0.25) is 0 Å². The molecule has 0 atom stereocenters. The van der Waals surface area contributed by atoms with E-state index < -0.39 is 17.9 Å². The van der Waals surface area contributed by atoms with Crippen LogP contribution in [0.5, 0.6) is 0 Å². The Kier molecular flexibility index (Phi) is 3.96. The molecule has 0 radical (unpaired) electrons. The van der Waals surface area contributed by atoms with E-state index in [1.54, 1.807) is 0 Å². The fourth-order valence-corrected chi connectivity index (χ4v) is 2.43. The second-order valence-electron chi connectivity index (χ2n) is 2.22. The van der Waals surface area contributed by atoms with Crippen LogP contribution in [0, 0.1) is 9.39 Å². The highest BCUT2D eigenvalue weighted by Gasteiger charge is 2.19. The van der Waals surface area contributed by atoms with E-state index in [0.717, 1.165) is 0 Å². The number of aromatic nitrogens is 1. The molecule has 0 aliphatic carbocycles. The Balaban J connectivity index is 3.27. The van der Waals surface area contributed by atoms with Crippen LogP contribution < -0.4 is 0 Å². The largest absolute Gasteiger partial charge is 0.283 e. The zero-order valence-corrected chi connectivity index (χ0v) is 9.94. The number of rotatable bonds is 2. The van der Waals surface area contributed by atoms with Gasteiger partial charge in [-0.2, -0.15) is 0 Å². The van der Waals surface area contributed by atoms with Crippen molar-refractivity contribution in [1.82, 2.24) is 4.98 Å². The first-order valence-electron chi connectivity index (χ1n) is 3.24. The minimum atomic E-state index is -2.87. The summed E-state index contributed by atoms with van der Waals surface area (Å²) in [7, 11) is 0. The normalized spacial score (nSPS) is 10.9. The number of nitrogens with zero attached hydrogens (tertiary/aromatic N) is 1. The molecule has 0 N–H and O–H groups in total. The lowest BCUT2D eigenvalue weighted by Gasteiger charge is -2.06. The van der Waals surface area contributed by atoms with Crippen molar-refractivity contribution in [2.45, 2.75) is 11.8 Å². The second-order valence-corrected chi connectivity index (χ2v) is 3.94. The van der Waals surface area contributed by atoms with Crippen molar-refractivity contribution >= 4 is 38.5 Å². The molecule has 0 aliphatic rings. The van der Waals surface area contributed by atoms with Gasteiger partial charge in [0.05, 0.1) is 0 Å². The van der Waals surface area contributed by atoms with Gasteiger partial charge >= 0.3 is 0 Å². The molecule has 0 bridgehead atoms. The lowest BCUT2D eigenvalue weighted by atomic mass is 10.2. The first-order chi connectivity index (χ1) is 6.07. The molecule has 1 heterocycles. The van der Waals surface area contributed by atoms with Gasteiger partial charge in [-0.3, -0.25) is 4.98 Å². The predicted molar refractivity (Wildman–Crippen MR) is 54.5 cm³/mol. The summed E-state index contributed by atoms with van der Waals surface area (Å²) in [6.45, 7) is 0. The molecule has 72 valence electrons. The average molecular weight is 366 g/mol. The highest BCUT2D eigenvalue weighted by atomic mass is 127. The van der Waals surface area contributed by atoms with Gasteiger partial charge in [-0.15, -0.1) is 0 Å². The maximum absolute atomic E-state index is 13.2. The first-order valence-corrected chi connectivity index (χ1v) is 5.44. The maximum atomic E-state index is 13.2. The lowest BCUT2D eigenvalue weighted by molar-refractivity contribution is 0.140. The SMILES string of the molecule is Fc1c(C(F)F)ncc(I)c1CBr. The van der Waals surface area contributed by atoms with E-state index in [4.69, 9.17) is 0 Å². The quantitative estimate of drug-likeness (QED) is 0.575. The molecule has 1 aromatic heterocycles. The van der Waals surface area contributed by atoms with Gasteiger partial charge in [0, 0.05) is 20.7 Å². The van der Waals surface area contributed by atoms with Gasteiger partial charge in [-0.25, -0.2) is 13.2 Å². The van der Waals surface area contributed by atoms with Crippen molar-refractivity contribution in [1.29, 1.82) is 0 Å². The van der Waals surface area contributed by atoms with Crippen LogP contribution >= 0.6 is 38.5 Å². The van der Waals surface area contributed by atoms with Crippen LogP contribution in [-0.2, 0) is 5.33 Å². The van der Waals surface area contributed by atoms with E-state index in [1.807, 2.05) is 22.6 Å². The molecule has 1 nitrogen and oxygen atoms in total. The summed E-state index contributed by atoms with van der Waals surface area (Å²) in [5, 5.41) is 0.208. The fourth-order valence-electron chi connectivity index (χ4n) is 0.795. The van der Waals surface area contributed by atoms with Crippen molar-refractivity contribution < 1.29 is 13.2 Å². The number of hydrogen-bond donors (Lipinski definition) is 0. The summed E-state index contributed by atoms with van der Waals surface area (Å²) in [6.07, 6.45) is -1.63. The highest BCUT2D eigenvalue weighted by Crippen LogP contribution is 2.26. The van der Waals surface area contributed by atoms with Crippen molar-refractivity contribution in [3.63, 3.8) is 0 Å². The number of pyridine rings is 1. The molecule has 0 amide bonds. The summed E-state index contributed by atoms with van der Waals surface area (Å²) < 4.78 is 38.1. The van der Waals surface area contributed by atoms with Crippen molar-refractivity contribution in [3.05, 3.63) is 26.8 Å². The first kappa shape index (κ1) is 11.2. The molecule has 1 aromatic rings. The van der Waals surface area contributed by atoms with Gasteiger partial charge in [0.15, 0.2) is 5.82 Å². The third kappa shape index (κ3) is 2.34. The zero-order chi connectivity index (χ0) is 10.0. The van der Waals surface area contributed by atoms with Gasteiger partial charge in [0.2, 0.25) is 0 Å². The van der Waals surface area contributed by atoms with Crippen molar-refractivity contribution in [3.8, 4) is 0 Å². The van der Waals surface area contributed by atoms with Crippen LogP contribution in [0.3, 0.4) is 0 Å². The summed E-state index contributed by atoms with van der Waals surface area (Å²) in [5.74, 6) is -0.918. The standard InChI is InChI=1S/C7H4BrF3IN/c8-1-3-4(12)2-13-6(5(3)9)7(10)11/h2,7H,1H2. The van der Waals surface area contributed by atoms with Gasteiger partial charge in [0.1, 0.15) is 5.69 Å². The minimum absolute atomic E-state index is 0.208. The van der Waals surface area contributed by atoms with Crippen LogP contribution in [-0.4, -0.2) is 4.98 Å². The van der Waals surface area contributed by atoms with Crippen molar-refractivity contribution in [2.75, 3.05) is 0 Å². The van der Waals surface area contributed by atoms with Crippen LogP contribution in [0.4, 0.5) is 13.2 Å². The monoisotopic (exact) mass is 365 g/mol. The van der Waals surface area contributed by atoms with Gasteiger partial charge < -0.3 is 0 Å². The molecule has 0 saturated heterocycles. The Morgan fingerprint density at radius 3 is 2.62 bits per heavy atom. The number of halogens is 5. The van der Waals surface area contributed by atoms with Crippen LogP contribution in [0.25, 0.3) is 0 Å². The third-order valence-electron chi connectivity index (χ3n) is 1.44. The molecule has 0 aliphatic heterocycles. The molecule has 13 heavy (non-hydrogen) atoms. The topological polar surface area (TPSA) is 12.9 Å². The highest BCUT2D eigenvalue weighted by molar-refractivity contribution is 14.1.